The van der Waals surface area contributed by atoms with Gasteiger partial charge in [-0.25, -0.2) is 4.98 Å². The number of furan rings is 1. The summed E-state index contributed by atoms with van der Waals surface area (Å²) in [6.45, 7) is 5.78. The summed E-state index contributed by atoms with van der Waals surface area (Å²) in [4.78, 5) is 25.0. The van der Waals surface area contributed by atoms with Crippen molar-refractivity contribution < 1.29 is 9.21 Å². The summed E-state index contributed by atoms with van der Waals surface area (Å²) in [5, 5.41) is 1.65. The average Bonchev–Trinajstić information content (AvgIpc) is 3.63. The van der Waals surface area contributed by atoms with Crippen LogP contribution in [0.1, 0.15) is 40.4 Å². The van der Waals surface area contributed by atoms with Crippen LogP contribution in [-0.4, -0.2) is 71.6 Å². The van der Waals surface area contributed by atoms with E-state index in [4.69, 9.17) is 44.2 Å². The lowest BCUT2D eigenvalue weighted by Crippen LogP contribution is -2.35. The van der Waals surface area contributed by atoms with Gasteiger partial charge < -0.3 is 23.7 Å². The Hall–Kier alpha value is -3.49. The minimum atomic E-state index is -0.0421. The number of imidazole rings is 1. The van der Waals surface area contributed by atoms with Gasteiger partial charge >= 0.3 is 0 Å². The summed E-state index contributed by atoms with van der Waals surface area (Å²) < 4.78 is 7.96. The molecule has 0 spiro atoms. The van der Waals surface area contributed by atoms with E-state index in [1.165, 1.54) is 0 Å². The molecule has 0 saturated carbocycles. The zero-order chi connectivity index (χ0) is 31.3. The predicted molar refractivity (Wildman–Crippen MR) is 183 cm³/mol. The van der Waals surface area contributed by atoms with Gasteiger partial charge in [0.15, 0.2) is 0 Å². The van der Waals surface area contributed by atoms with Crippen molar-refractivity contribution in [2.75, 3.05) is 51.2 Å². The number of amides is 1. The molecule has 0 radical (unpaired) electrons. The van der Waals surface area contributed by atoms with Gasteiger partial charge in [-0.2, -0.15) is 0 Å². The average molecular weight is 665 g/mol. The smallest absolute Gasteiger partial charge is 0.253 e. The lowest BCUT2D eigenvalue weighted by Gasteiger charge is -2.28. The zero-order valence-corrected chi connectivity index (χ0v) is 27.5. The van der Waals surface area contributed by atoms with Gasteiger partial charge in [0, 0.05) is 49.7 Å². The van der Waals surface area contributed by atoms with Crippen molar-refractivity contribution in [3.05, 3.63) is 117 Å². The minimum absolute atomic E-state index is 0.0421. The third-order valence-electron chi connectivity index (χ3n) is 8.54. The molecule has 1 amide bonds. The number of likely N-dealkylation sites (N-methyl/N-ethyl adjacent to an activating group) is 1. The van der Waals surface area contributed by atoms with Crippen LogP contribution in [0.3, 0.4) is 0 Å². The Labute approximate surface area is 278 Å². The summed E-state index contributed by atoms with van der Waals surface area (Å²) in [5.74, 6) is 1.92. The molecule has 1 aliphatic rings. The summed E-state index contributed by atoms with van der Waals surface area (Å²) in [6.07, 6.45) is 3.61. The number of hydrogen-bond donors (Lipinski definition) is 0. The Balaban J connectivity index is 1.15. The number of benzene rings is 3. The van der Waals surface area contributed by atoms with Crippen LogP contribution < -0.4 is 4.90 Å². The topological polar surface area (TPSA) is 57.8 Å². The summed E-state index contributed by atoms with van der Waals surface area (Å²) in [7, 11) is 1.85. The quantitative estimate of drug-likeness (QED) is 0.151. The normalized spacial score (nSPS) is 14.9. The SMILES string of the molecule is CN(CC(CCN1CCCN(c2nc3ccccc3n2Cc2ccco2)CC1)c1ccc(Cl)c(Cl)c1)C(=O)c1ccc(Cl)cc1. The Morgan fingerprint density at radius 3 is 2.53 bits per heavy atom. The lowest BCUT2D eigenvalue weighted by atomic mass is 9.94. The fourth-order valence-corrected chi connectivity index (χ4v) is 6.54. The van der Waals surface area contributed by atoms with Gasteiger partial charge in [-0.1, -0.05) is 53.0 Å². The van der Waals surface area contributed by atoms with Crippen molar-refractivity contribution in [3.8, 4) is 0 Å². The fourth-order valence-electron chi connectivity index (χ4n) is 6.11. The van der Waals surface area contributed by atoms with Gasteiger partial charge in [0.25, 0.3) is 5.91 Å². The Bertz CT molecular complexity index is 1740. The standard InChI is InChI=1S/C35H36Cl3N5O2/c1-40(34(44)25-9-12-28(36)13-10-25)23-27(26-11-14-30(37)31(38)22-26)15-18-41-16-5-17-42(20-19-41)35-39-32-7-2-3-8-33(32)43(35)24-29-6-4-21-45-29/h2-4,6-14,21-22,27H,5,15-20,23-24H2,1H3. The molecule has 1 atom stereocenters. The number of aromatic nitrogens is 2. The van der Waals surface area contributed by atoms with Crippen molar-refractivity contribution in [1.82, 2.24) is 19.4 Å². The molecule has 1 unspecified atom stereocenters. The number of carbonyl (C=O) groups excluding carboxylic acids is 1. The molecule has 0 N–H and O–H groups in total. The van der Waals surface area contributed by atoms with Crippen LogP contribution >= 0.6 is 34.8 Å². The summed E-state index contributed by atoms with van der Waals surface area (Å²) in [6, 6.07) is 25.0. The van der Waals surface area contributed by atoms with E-state index in [0.717, 1.165) is 73.9 Å². The maximum Gasteiger partial charge on any atom is 0.253 e. The summed E-state index contributed by atoms with van der Waals surface area (Å²) in [5.41, 5.74) is 3.78. The molecule has 3 heterocycles. The van der Waals surface area contributed by atoms with E-state index in [-0.39, 0.29) is 11.8 Å². The number of carbonyl (C=O) groups is 1. The first-order valence-corrected chi connectivity index (χ1v) is 16.4. The maximum absolute atomic E-state index is 13.3. The highest BCUT2D eigenvalue weighted by molar-refractivity contribution is 6.42. The van der Waals surface area contributed by atoms with E-state index < -0.39 is 0 Å². The first-order chi connectivity index (χ1) is 21.9. The van der Waals surface area contributed by atoms with E-state index in [9.17, 15) is 4.79 Å². The molecule has 0 aliphatic carbocycles. The molecule has 1 saturated heterocycles. The number of hydrogen-bond acceptors (Lipinski definition) is 5. The van der Waals surface area contributed by atoms with Gasteiger partial charge in [0.05, 0.1) is 33.9 Å². The number of anilines is 1. The highest BCUT2D eigenvalue weighted by Crippen LogP contribution is 2.30. The van der Waals surface area contributed by atoms with Crippen LogP contribution in [0.4, 0.5) is 5.95 Å². The molecule has 6 rings (SSSR count). The van der Waals surface area contributed by atoms with Crippen molar-refractivity contribution in [2.24, 2.45) is 0 Å². The number of nitrogens with zero attached hydrogens (tertiary/aromatic N) is 5. The number of halogens is 3. The highest BCUT2D eigenvalue weighted by atomic mass is 35.5. The van der Waals surface area contributed by atoms with E-state index in [2.05, 4.69) is 32.6 Å². The van der Waals surface area contributed by atoms with Crippen molar-refractivity contribution >= 4 is 57.7 Å². The largest absolute Gasteiger partial charge is 0.467 e. The van der Waals surface area contributed by atoms with Crippen molar-refractivity contribution in [3.63, 3.8) is 0 Å². The molecule has 1 fully saturated rings. The molecule has 3 aromatic carbocycles. The molecule has 7 nitrogen and oxygen atoms in total. The molecule has 2 aromatic heterocycles. The van der Waals surface area contributed by atoms with E-state index in [1.54, 1.807) is 35.4 Å². The van der Waals surface area contributed by atoms with Gasteiger partial charge in [-0.3, -0.25) is 4.79 Å². The first-order valence-electron chi connectivity index (χ1n) is 15.3. The second-order valence-electron chi connectivity index (χ2n) is 11.6. The van der Waals surface area contributed by atoms with E-state index >= 15 is 0 Å². The number of para-hydroxylation sites is 2. The molecule has 5 aromatic rings. The molecular formula is C35H36Cl3N5O2. The zero-order valence-electron chi connectivity index (χ0n) is 25.2. The molecule has 0 bridgehead atoms. The molecule has 234 valence electrons. The molecule has 10 heteroatoms. The first kappa shape index (κ1) is 31.5. The second kappa shape index (κ2) is 14.3. The van der Waals surface area contributed by atoms with E-state index in [1.807, 2.05) is 43.4 Å². The number of rotatable bonds is 10. The minimum Gasteiger partial charge on any atom is -0.467 e. The second-order valence-corrected chi connectivity index (χ2v) is 12.9. The molecule has 1 aliphatic heterocycles. The third-order valence-corrected chi connectivity index (χ3v) is 9.53. The lowest BCUT2D eigenvalue weighted by molar-refractivity contribution is 0.0783. The Morgan fingerprint density at radius 1 is 0.933 bits per heavy atom. The Kier molecular flexibility index (Phi) is 10.0. The van der Waals surface area contributed by atoms with Crippen molar-refractivity contribution in [2.45, 2.75) is 25.3 Å². The molecule has 45 heavy (non-hydrogen) atoms. The van der Waals surface area contributed by atoms with Gasteiger partial charge in [0.1, 0.15) is 5.76 Å². The predicted octanol–water partition coefficient (Wildman–Crippen LogP) is 8.10. The third kappa shape index (κ3) is 7.50. The van der Waals surface area contributed by atoms with Crippen LogP contribution in [0.25, 0.3) is 11.0 Å². The van der Waals surface area contributed by atoms with Crippen LogP contribution in [0, 0.1) is 0 Å². The van der Waals surface area contributed by atoms with Gasteiger partial charge in [0.2, 0.25) is 5.95 Å². The summed E-state index contributed by atoms with van der Waals surface area (Å²) >= 11 is 18.8. The van der Waals surface area contributed by atoms with Gasteiger partial charge in [-0.05, 0) is 92.2 Å². The maximum atomic E-state index is 13.3. The highest BCUT2D eigenvalue weighted by Gasteiger charge is 2.24. The monoisotopic (exact) mass is 663 g/mol. The van der Waals surface area contributed by atoms with Crippen LogP contribution in [0.15, 0.2) is 89.5 Å². The van der Waals surface area contributed by atoms with Crippen molar-refractivity contribution in [1.29, 1.82) is 0 Å². The number of fused-ring (bicyclic) bond motifs is 1. The van der Waals surface area contributed by atoms with Gasteiger partial charge in [-0.15, -0.1) is 0 Å². The van der Waals surface area contributed by atoms with Crippen LogP contribution in [0.5, 0.6) is 0 Å². The van der Waals surface area contributed by atoms with Crippen LogP contribution in [-0.2, 0) is 6.54 Å². The fraction of sp³-hybridized carbons (Fsp3) is 0.314. The molecular weight excluding hydrogens is 629 g/mol. The van der Waals surface area contributed by atoms with E-state index in [0.29, 0.717) is 33.7 Å². The van der Waals surface area contributed by atoms with Crippen LogP contribution in [0.2, 0.25) is 15.1 Å². The Morgan fingerprint density at radius 2 is 1.76 bits per heavy atom.